The monoisotopic (exact) mass is 300 g/mol. The molecule has 1 aromatic heterocycles. The molecule has 0 saturated heterocycles. The molecule has 2 aromatic rings. The van der Waals surface area contributed by atoms with Crippen LogP contribution >= 0.6 is 11.3 Å². The average Bonchev–Trinajstić information content (AvgIpc) is 2.91. The Hall–Kier alpha value is -1.77. The van der Waals surface area contributed by atoms with Crippen LogP contribution in [0.25, 0.3) is 10.6 Å². The van der Waals surface area contributed by atoms with Crippen LogP contribution in [0.15, 0.2) is 24.3 Å². The number of rotatable bonds is 5. The van der Waals surface area contributed by atoms with Crippen LogP contribution in [0, 0.1) is 11.3 Å². The van der Waals surface area contributed by atoms with Crippen LogP contribution in [0.1, 0.15) is 37.8 Å². The van der Waals surface area contributed by atoms with Crippen molar-refractivity contribution >= 4 is 11.3 Å². The molecule has 1 aromatic carbocycles. The van der Waals surface area contributed by atoms with Crippen molar-refractivity contribution in [3.63, 3.8) is 0 Å². The number of benzene rings is 1. The maximum atomic E-state index is 8.80. The van der Waals surface area contributed by atoms with Crippen molar-refractivity contribution < 1.29 is 0 Å². The van der Waals surface area contributed by atoms with Crippen molar-refractivity contribution in [1.82, 2.24) is 15.5 Å². The third kappa shape index (κ3) is 4.92. The normalized spacial score (nSPS) is 11.3. The molecule has 0 fully saturated rings. The lowest BCUT2D eigenvalue weighted by atomic mass is 10.1. The van der Waals surface area contributed by atoms with E-state index in [0.717, 1.165) is 35.0 Å². The smallest absolute Gasteiger partial charge is 0.147 e. The van der Waals surface area contributed by atoms with E-state index >= 15 is 0 Å². The Labute approximate surface area is 129 Å². The fraction of sp³-hybridized carbons (Fsp3) is 0.438. The van der Waals surface area contributed by atoms with E-state index in [2.05, 4.69) is 42.4 Å². The van der Waals surface area contributed by atoms with Crippen molar-refractivity contribution in [1.29, 1.82) is 5.26 Å². The van der Waals surface area contributed by atoms with E-state index in [1.165, 1.54) is 0 Å². The SMILES string of the molecule is CC(C)(C)NCCCc1nnc(-c2ccc(C#N)cc2)s1. The quantitative estimate of drug-likeness (QED) is 0.860. The maximum Gasteiger partial charge on any atom is 0.147 e. The lowest BCUT2D eigenvalue weighted by Gasteiger charge is -2.20. The summed E-state index contributed by atoms with van der Waals surface area (Å²) in [6.07, 6.45) is 2.00. The second kappa shape index (κ2) is 6.79. The largest absolute Gasteiger partial charge is 0.312 e. The van der Waals surface area contributed by atoms with Gasteiger partial charge in [-0.05, 0) is 45.9 Å². The van der Waals surface area contributed by atoms with Gasteiger partial charge in [0.25, 0.3) is 0 Å². The molecule has 5 heteroatoms. The number of hydrogen-bond donors (Lipinski definition) is 1. The van der Waals surface area contributed by atoms with E-state index in [-0.39, 0.29) is 5.54 Å². The lowest BCUT2D eigenvalue weighted by molar-refractivity contribution is 0.422. The first-order chi connectivity index (χ1) is 9.98. The molecule has 0 radical (unpaired) electrons. The summed E-state index contributed by atoms with van der Waals surface area (Å²) < 4.78 is 0. The minimum Gasteiger partial charge on any atom is -0.312 e. The highest BCUT2D eigenvalue weighted by Gasteiger charge is 2.09. The predicted octanol–water partition coefficient (Wildman–Crippen LogP) is 3.40. The molecule has 0 saturated carbocycles. The Morgan fingerprint density at radius 2 is 1.90 bits per heavy atom. The zero-order valence-electron chi connectivity index (χ0n) is 12.7. The van der Waals surface area contributed by atoms with Gasteiger partial charge in [0.1, 0.15) is 10.0 Å². The number of aromatic nitrogens is 2. The molecule has 0 atom stereocenters. The van der Waals surface area contributed by atoms with Crippen LogP contribution in [0.3, 0.4) is 0 Å². The third-order valence-corrected chi connectivity index (χ3v) is 3.98. The predicted molar refractivity (Wildman–Crippen MR) is 86.1 cm³/mol. The van der Waals surface area contributed by atoms with Gasteiger partial charge in [-0.15, -0.1) is 10.2 Å². The van der Waals surface area contributed by atoms with Crippen LogP contribution in [0.4, 0.5) is 0 Å². The highest BCUT2D eigenvalue weighted by molar-refractivity contribution is 7.14. The topological polar surface area (TPSA) is 61.6 Å². The zero-order valence-corrected chi connectivity index (χ0v) is 13.5. The standard InChI is InChI=1S/C16H20N4S/c1-16(2,3)18-10-4-5-14-19-20-15(21-14)13-8-6-12(11-17)7-9-13/h6-9,18H,4-5,10H2,1-3H3. The Morgan fingerprint density at radius 1 is 1.19 bits per heavy atom. The van der Waals surface area contributed by atoms with Crippen LogP contribution < -0.4 is 5.32 Å². The summed E-state index contributed by atoms with van der Waals surface area (Å²) in [5.41, 5.74) is 1.84. The molecule has 2 rings (SSSR count). The molecule has 0 aliphatic carbocycles. The summed E-state index contributed by atoms with van der Waals surface area (Å²) in [5, 5.41) is 22.7. The van der Waals surface area contributed by atoms with E-state index in [0.29, 0.717) is 5.56 Å². The summed E-state index contributed by atoms with van der Waals surface area (Å²) in [5.74, 6) is 0. The number of nitrogens with one attached hydrogen (secondary N) is 1. The van der Waals surface area contributed by atoms with E-state index in [1.54, 1.807) is 11.3 Å². The molecular weight excluding hydrogens is 280 g/mol. The average molecular weight is 300 g/mol. The van der Waals surface area contributed by atoms with Crippen LogP contribution in [0.2, 0.25) is 0 Å². The zero-order chi connectivity index (χ0) is 15.3. The second-order valence-corrected chi connectivity index (χ2v) is 7.03. The fourth-order valence-electron chi connectivity index (χ4n) is 1.86. The Morgan fingerprint density at radius 3 is 2.52 bits per heavy atom. The van der Waals surface area contributed by atoms with Crippen LogP contribution in [0.5, 0.6) is 0 Å². The molecule has 1 N–H and O–H groups in total. The maximum absolute atomic E-state index is 8.80. The summed E-state index contributed by atoms with van der Waals surface area (Å²) >= 11 is 1.62. The first-order valence-corrected chi connectivity index (χ1v) is 7.87. The van der Waals surface area contributed by atoms with Gasteiger partial charge >= 0.3 is 0 Å². The molecule has 1 heterocycles. The molecule has 0 unspecified atom stereocenters. The van der Waals surface area contributed by atoms with E-state index in [1.807, 2.05) is 24.3 Å². The van der Waals surface area contributed by atoms with Gasteiger partial charge in [0, 0.05) is 17.5 Å². The molecule has 0 aliphatic heterocycles. The fourth-order valence-corrected chi connectivity index (χ4v) is 2.75. The Kier molecular flexibility index (Phi) is 5.05. The van der Waals surface area contributed by atoms with E-state index in [9.17, 15) is 0 Å². The summed E-state index contributed by atoms with van der Waals surface area (Å²) in [4.78, 5) is 0. The first-order valence-electron chi connectivity index (χ1n) is 7.06. The second-order valence-electron chi connectivity index (χ2n) is 5.97. The first kappa shape index (κ1) is 15.6. The van der Waals surface area contributed by atoms with Gasteiger partial charge in [-0.2, -0.15) is 5.26 Å². The van der Waals surface area contributed by atoms with E-state index in [4.69, 9.17) is 5.26 Å². The molecule has 21 heavy (non-hydrogen) atoms. The molecular formula is C16H20N4S. The molecule has 4 nitrogen and oxygen atoms in total. The number of hydrogen-bond acceptors (Lipinski definition) is 5. The summed E-state index contributed by atoms with van der Waals surface area (Å²) in [7, 11) is 0. The molecule has 0 bridgehead atoms. The Bertz CT molecular complexity index is 617. The van der Waals surface area contributed by atoms with E-state index < -0.39 is 0 Å². The highest BCUT2D eigenvalue weighted by Crippen LogP contribution is 2.24. The van der Waals surface area contributed by atoms with Crippen LogP contribution in [-0.4, -0.2) is 22.3 Å². The van der Waals surface area contributed by atoms with Crippen molar-refractivity contribution in [2.75, 3.05) is 6.54 Å². The van der Waals surface area contributed by atoms with Gasteiger partial charge in [0.2, 0.25) is 0 Å². The van der Waals surface area contributed by atoms with Gasteiger partial charge in [-0.1, -0.05) is 23.5 Å². The van der Waals surface area contributed by atoms with Gasteiger partial charge < -0.3 is 5.32 Å². The number of nitrogens with zero attached hydrogens (tertiary/aromatic N) is 3. The molecule has 110 valence electrons. The minimum absolute atomic E-state index is 0.161. The number of aryl methyl sites for hydroxylation is 1. The van der Waals surface area contributed by atoms with Crippen LogP contribution in [-0.2, 0) is 6.42 Å². The number of nitriles is 1. The summed E-state index contributed by atoms with van der Waals surface area (Å²) in [6, 6.07) is 9.58. The molecule has 0 amide bonds. The van der Waals surface area contributed by atoms with Crippen molar-refractivity contribution in [3.05, 3.63) is 34.8 Å². The van der Waals surface area contributed by atoms with Crippen molar-refractivity contribution in [2.45, 2.75) is 39.2 Å². The third-order valence-electron chi connectivity index (χ3n) is 2.95. The van der Waals surface area contributed by atoms with Gasteiger partial charge in [-0.3, -0.25) is 0 Å². The van der Waals surface area contributed by atoms with Crippen molar-refractivity contribution in [2.24, 2.45) is 0 Å². The molecule has 0 aliphatic rings. The minimum atomic E-state index is 0.161. The Balaban J connectivity index is 1.90. The summed E-state index contributed by atoms with van der Waals surface area (Å²) in [6.45, 7) is 7.48. The highest BCUT2D eigenvalue weighted by atomic mass is 32.1. The molecule has 0 spiro atoms. The van der Waals surface area contributed by atoms with Crippen molar-refractivity contribution in [3.8, 4) is 16.6 Å². The van der Waals surface area contributed by atoms with Gasteiger partial charge in [-0.25, -0.2) is 0 Å². The van der Waals surface area contributed by atoms with Gasteiger partial charge in [0.05, 0.1) is 11.6 Å². The van der Waals surface area contributed by atoms with Gasteiger partial charge in [0.15, 0.2) is 0 Å². The lowest BCUT2D eigenvalue weighted by Crippen LogP contribution is -2.36.